The Labute approximate surface area is 130 Å². The number of para-hydroxylation sites is 1. The Morgan fingerprint density at radius 2 is 2.14 bits per heavy atom. The third-order valence-electron chi connectivity index (χ3n) is 4.48. The summed E-state index contributed by atoms with van der Waals surface area (Å²) in [6.45, 7) is 7.57. The molecule has 1 aromatic carbocycles. The fraction of sp³-hybridized carbons (Fsp3) is 0.500. The number of fused-ring (bicyclic) bond motifs is 1. The van der Waals surface area contributed by atoms with Gasteiger partial charge in [0.15, 0.2) is 0 Å². The zero-order valence-electron chi connectivity index (χ0n) is 13.4. The van der Waals surface area contributed by atoms with Gasteiger partial charge in [-0.15, -0.1) is 0 Å². The Kier molecular flexibility index (Phi) is 3.96. The summed E-state index contributed by atoms with van der Waals surface area (Å²) in [5.74, 6) is 0.933. The van der Waals surface area contributed by atoms with E-state index in [1.807, 2.05) is 31.2 Å². The first-order valence-corrected chi connectivity index (χ1v) is 7.87. The van der Waals surface area contributed by atoms with Crippen molar-refractivity contribution in [1.29, 1.82) is 0 Å². The molecule has 1 atom stereocenters. The first kappa shape index (κ1) is 15.1. The van der Waals surface area contributed by atoms with Gasteiger partial charge in [-0.2, -0.15) is 0 Å². The third-order valence-corrected chi connectivity index (χ3v) is 4.48. The Morgan fingerprint density at radius 1 is 1.36 bits per heavy atom. The lowest BCUT2D eigenvalue weighted by molar-refractivity contribution is -0.121. The van der Waals surface area contributed by atoms with E-state index in [9.17, 15) is 4.79 Å². The molecule has 0 bridgehead atoms. The van der Waals surface area contributed by atoms with Crippen molar-refractivity contribution in [3.63, 3.8) is 0 Å². The van der Waals surface area contributed by atoms with Crippen LogP contribution in [0.25, 0.3) is 11.0 Å². The number of nitrogens with one attached hydrogen (secondary N) is 1. The van der Waals surface area contributed by atoms with Crippen LogP contribution >= 0.6 is 0 Å². The molecule has 0 saturated carbocycles. The van der Waals surface area contributed by atoms with Crippen LogP contribution in [0, 0.1) is 5.41 Å². The van der Waals surface area contributed by atoms with Gasteiger partial charge in [-0.3, -0.25) is 4.79 Å². The molecule has 3 rings (SSSR count). The van der Waals surface area contributed by atoms with Crippen molar-refractivity contribution in [2.24, 2.45) is 5.41 Å². The molecule has 1 unspecified atom stereocenters. The minimum Gasteiger partial charge on any atom is -0.461 e. The summed E-state index contributed by atoms with van der Waals surface area (Å²) >= 11 is 0. The number of furan rings is 1. The molecule has 0 aliphatic carbocycles. The lowest BCUT2D eigenvalue weighted by Crippen LogP contribution is -2.44. The molecule has 4 nitrogen and oxygen atoms in total. The van der Waals surface area contributed by atoms with Gasteiger partial charge in [-0.25, -0.2) is 0 Å². The summed E-state index contributed by atoms with van der Waals surface area (Å²) in [6.07, 6.45) is 1.14. The maximum atomic E-state index is 12.5. The van der Waals surface area contributed by atoms with E-state index in [1.54, 1.807) is 0 Å². The van der Waals surface area contributed by atoms with Crippen LogP contribution in [-0.4, -0.2) is 25.2 Å². The van der Waals surface area contributed by atoms with E-state index in [4.69, 9.17) is 9.15 Å². The Morgan fingerprint density at radius 3 is 2.82 bits per heavy atom. The second kappa shape index (κ2) is 5.76. The fourth-order valence-corrected chi connectivity index (χ4v) is 3.04. The van der Waals surface area contributed by atoms with Gasteiger partial charge in [0.1, 0.15) is 11.3 Å². The average molecular weight is 301 g/mol. The van der Waals surface area contributed by atoms with Crippen molar-refractivity contribution >= 4 is 16.9 Å². The van der Waals surface area contributed by atoms with Gasteiger partial charge in [-0.1, -0.05) is 39.0 Å². The Hall–Kier alpha value is -1.81. The van der Waals surface area contributed by atoms with E-state index >= 15 is 0 Å². The Balaban J connectivity index is 1.79. The number of carbonyl (C=O) groups is 1. The second-order valence-corrected chi connectivity index (χ2v) is 6.65. The predicted molar refractivity (Wildman–Crippen MR) is 85.8 cm³/mol. The number of hydrogen-bond donors (Lipinski definition) is 1. The Bertz CT molecular complexity index is 687. The lowest BCUT2D eigenvalue weighted by atomic mass is 9.88. The van der Waals surface area contributed by atoms with Crippen molar-refractivity contribution < 1.29 is 13.9 Å². The first-order chi connectivity index (χ1) is 10.5. The van der Waals surface area contributed by atoms with Crippen LogP contribution < -0.4 is 5.32 Å². The van der Waals surface area contributed by atoms with Crippen molar-refractivity contribution in [1.82, 2.24) is 5.32 Å². The van der Waals surface area contributed by atoms with E-state index in [0.717, 1.165) is 28.7 Å². The van der Waals surface area contributed by atoms with E-state index in [0.29, 0.717) is 19.6 Å². The topological polar surface area (TPSA) is 51.5 Å². The number of hydrogen-bond acceptors (Lipinski definition) is 3. The molecule has 2 heterocycles. The fourth-order valence-electron chi connectivity index (χ4n) is 3.04. The minimum atomic E-state index is -0.0122. The molecule has 1 saturated heterocycles. The highest BCUT2D eigenvalue weighted by Crippen LogP contribution is 2.29. The molecule has 4 heteroatoms. The zero-order chi connectivity index (χ0) is 15.7. The highest BCUT2D eigenvalue weighted by Gasteiger charge is 2.36. The number of amides is 1. The molecule has 118 valence electrons. The van der Waals surface area contributed by atoms with Crippen LogP contribution in [0.3, 0.4) is 0 Å². The number of ether oxygens (including phenoxy) is 1. The summed E-state index contributed by atoms with van der Waals surface area (Å²) in [6, 6.07) is 7.97. The van der Waals surface area contributed by atoms with Gasteiger partial charge in [0.2, 0.25) is 5.91 Å². The maximum absolute atomic E-state index is 12.5. The lowest BCUT2D eigenvalue weighted by Gasteiger charge is -2.25. The van der Waals surface area contributed by atoms with Crippen molar-refractivity contribution in [2.75, 3.05) is 13.2 Å². The molecule has 22 heavy (non-hydrogen) atoms. The van der Waals surface area contributed by atoms with Crippen molar-refractivity contribution in [2.45, 2.75) is 39.7 Å². The smallest absolute Gasteiger partial charge is 0.224 e. The van der Waals surface area contributed by atoms with E-state index in [2.05, 4.69) is 19.2 Å². The molecule has 1 aliphatic rings. The van der Waals surface area contributed by atoms with Gasteiger partial charge >= 0.3 is 0 Å². The standard InChI is InChI=1S/C18H23NO3/c1-4-14-13(12-7-5-6-8-15(12)22-14)9-17(20)19-16-10-21-11-18(16,2)3/h5-8,16H,4,9-11H2,1-3H3,(H,19,20). The zero-order valence-corrected chi connectivity index (χ0v) is 13.4. The van der Waals surface area contributed by atoms with Crippen LogP contribution in [0.4, 0.5) is 0 Å². The SMILES string of the molecule is CCc1oc2ccccc2c1CC(=O)NC1COCC1(C)C. The molecule has 0 radical (unpaired) electrons. The highest BCUT2D eigenvalue weighted by atomic mass is 16.5. The predicted octanol–water partition coefficient (Wildman–Crippen LogP) is 3.08. The summed E-state index contributed by atoms with van der Waals surface area (Å²) in [5, 5.41) is 4.16. The van der Waals surface area contributed by atoms with Gasteiger partial charge in [-0.05, 0) is 6.07 Å². The minimum absolute atomic E-state index is 0.0122. The molecule has 1 aromatic heterocycles. The van der Waals surface area contributed by atoms with Gasteiger partial charge in [0, 0.05) is 22.8 Å². The van der Waals surface area contributed by atoms with E-state index < -0.39 is 0 Å². The van der Waals surface area contributed by atoms with Gasteiger partial charge in [0.05, 0.1) is 25.7 Å². The van der Waals surface area contributed by atoms with Crippen LogP contribution in [-0.2, 0) is 22.4 Å². The molecular formula is C18H23NO3. The van der Waals surface area contributed by atoms with Crippen LogP contribution in [0.15, 0.2) is 28.7 Å². The number of rotatable bonds is 4. The van der Waals surface area contributed by atoms with Crippen molar-refractivity contribution in [3.8, 4) is 0 Å². The summed E-state index contributed by atoms with van der Waals surface area (Å²) in [4.78, 5) is 12.5. The van der Waals surface area contributed by atoms with Gasteiger partial charge < -0.3 is 14.5 Å². The summed E-state index contributed by atoms with van der Waals surface area (Å²) in [5.41, 5.74) is 1.85. The normalized spacial score (nSPS) is 20.4. The molecule has 1 N–H and O–H groups in total. The second-order valence-electron chi connectivity index (χ2n) is 6.65. The molecule has 0 spiro atoms. The molecular weight excluding hydrogens is 278 g/mol. The molecule has 1 fully saturated rings. The largest absolute Gasteiger partial charge is 0.461 e. The maximum Gasteiger partial charge on any atom is 0.224 e. The van der Waals surface area contributed by atoms with Crippen LogP contribution in [0.5, 0.6) is 0 Å². The van der Waals surface area contributed by atoms with Crippen LogP contribution in [0.2, 0.25) is 0 Å². The number of aryl methyl sites for hydroxylation is 1. The molecule has 2 aromatic rings. The molecule has 1 amide bonds. The number of benzene rings is 1. The van der Waals surface area contributed by atoms with E-state index in [-0.39, 0.29) is 17.4 Å². The summed E-state index contributed by atoms with van der Waals surface area (Å²) < 4.78 is 11.3. The number of carbonyl (C=O) groups excluding carboxylic acids is 1. The van der Waals surface area contributed by atoms with E-state index in [1.165, 1.54) is 0 Å². The highest BCUT2D eigenvalue weighted by molar-refractivity contribution is 5.88. The average Bonchev–Trinajstić information content (AvgIpc) is 3.00. The quantitative estimate of drug-likeness (QED) is 0.944. The van der Waals surface area contributed by atoms with Gasteiger partial charge in [0.25, 0.3) is 0 Å². The van der Waals surface area contributed by atoms with Crippen LogP contribution in [0.1, 0.15) is 32.1 Å². The first-order valence-electron chi connectivity index (χ1n) is 7.87. The van der Waals surface area contributed by atoms with Crippen molar-refractivity contribution in [3.05, 3.63) is 35.6 Å². The third kappa shape index (κ3) is 2.75. The summed E-state index contributed by atoms with van der Waals surface area (Å²) in [7, 11) is 0. The monoisotopic (exact) mass is 301 g/mol. The molecule has 1 aliphatic heterocycles.